The van der Waals surface area contributed by atoms with Crippen molar-refractivity contribution in [1.29, 1.82) is 0 Å². The molecule has 1 aromatic rings. The number of benzene rings is 1. The van der Waals surface area contributed by atoms with Gasteiger partial charge in [0.25, 0.3) is 0 Å². The molecule has 80 valence electrons. The number of hydrogen-bond donors (Lipinski definition) is 2. The van der Waals surface area contributed by atoms with Crippen LogP contribution >= 0.6 is 11.6 Å². The lowest BCUT2D eigenvalue weighted by atomic mass is 10.3. The second-order valence-electron chi connectivity index (χ2n) is 2.73. The predicted molar refractivity (Wildman–Crippen MR) is 58.6 cm³/mol. The predicted octanol–water partition coefficient (Wildman–Crippen LogP) is 2.79. The molecule has 0 saturated heterocycles. The van der Waals surface area contributed by atoms with Crippen LogP contribution in [0.5, 0.6) is 0 Å². The lowest BCUT2D eigenvalue weighted by Crippen LogP contribution is -2.28. The Labute approximate surface area is 91.9 Å². The number of rotatable bonds is 3. The molecule has 0 atom stereocenters. The van der Waals surface area contributed by atoms with Crippen LogP contribution in [0.25, 0.3) is 0 Å². The molecule has 0 radical (unpaired) electrons. The summed E-state index contributed by atoms with van der Waals surface area (Å²) in [6, 6.07) is 3.88. The van der Waals surface area contributed by atoms with Crippen molar-refractivity contribution in [2.75, 3.05) is 11.9 Å². The Morgan fingerprint density at radius 3 is 3.00 bits per heavy atom. The van der Waals surface area contributed by atoms with Gasteiger partial charge in [-0.1, -0.05) is 23.7 Å². The van der Waals surface area contributed by atoms with Crippen molar-refractivity contribution in [2.24, 2.45) is 0 Å². The molecule has 0 fully saturated rings. The van der Waals surface area contributed by atoms with Gasteiger partial charge in [0.05, 0.1) is 10.7 Å². The molecule has 0 aliphatic carbocycles. The lowest BCUT2D eigenvalue weighted by molar-refractivity contribution is 0.253. The molecule has 15 heavy (non-hydrogen) atoms. The van der Waals surface area contributed by atoms with Crippen molar-refractivity contribution in [2.45, 2.75) is 0 Å². The third-order valence-corrected chi connectivity index (χ3v) is 1.90. The SMILES string of the molecule is C=CCNC(=O)Nc1cccc(Cl)c1F. The molecular formula is C10H10ClFN2O. The smallest absolute Gasteiger partial charge is 0.319 e. The molecule has 1 rings (SSSR count). The van der Waals surface area contributed by atoms with Crippen LogP contribution in [-0.4, -0.2) is 12.6 Å². The highest BCUT2D eigenvalue weighted by Crippen LogP contribution is 2.21. The molecule has 2 N–H and O–H groups in total. The van der Waals surface area contributed by atoms with Gasteiger partial charge >= 0.3 is 6.03 Å². The van der Waals surface area contributed by atoms with E-state index in [1.807, 2.05) is 0 Å². The van der Waals surface area contributed by atoms with Gasteiger partial charge in [0.2, 0.25) is 0 Å². The maximum Gasteiger partial charge on any atom is 0.319 e. The number of carbonyl (C=O) groups excluding carboxylic acids is 1. The maximum absolute atomic E-state index is 13.3. The fourth-order valence-electron chi connectivity index (χ4n) is 0.932. The number of anilines is 1. The van der Waals surface area contributed by atoms with Crippen molar-refractivity contribution >= 4 is 23.3 Å². The fourth-order valence-corrected chi connectivity index (χ4v) is 1.11. The summed E-state index contributed by atoms with van der Waals surface area (Å²) in [4.78, 5) is 11.2. The van der Waals surface area contributed by atoms with Crippen molar-refractivity contribution in [1.82, 2.24) is 5.32 Å². The zero-order valence-electron chi connectivity index (χ0n) is 7.89. The molecule has 2 amide bonds. The van der Waals surface area contributed by atoms with Crippen molar-refractivity contribution in [3.05, 3.63) is 41.7 Å². The number of nitrogens with one attached hydrogen (secondary N) is 2. The Morgan fingerprint density at radius 1 is 1.60 bits per heavy atom. The summed E-state index contributed by atoms with van der Waals surface area (Å²) in [5.74, 6) is -0.645. The Morgan fingerprint density at radius 2 is 2.33 bits per heavy atom. The first-order valence-electron chi connectivity index (χ1n) is 4.25. The third kappa shape index (κ3) is 3.25. The van der Waals surface area contributed by atoms with Gasteiger partial charge in [0.15, 0.2) is 5.82 Å². The number of amides is 2. The summed E-state index contributed by atoms with van der Waals surface area (Å²) in [6.07, 6.45) is 1.52. The topological polar surface area (TPSA) is 41.1 Å². The minimum atomic E-state index is -0.645. The van der Waals surface area contributed by atoms with Crippen LogP contribution in [0.15, 0.2) is 30.9 Å². The minimum absolute atomic E-state index is 0.0310. The third-order valence-electron chi connectivity index (χ3n) is 1.61. The van der Waals surface area contributed by atoms with Crippen LogP contribution in [0.4, 0.5) is 14.9 Å². The molecule has 0 aromatic heterocycles. The van der Waals surface area contributed by atoms with E-state index in [4.69, 9.17) is 11.6 Å². The first kappa shape index (κ1) is 11.5. The van der Waals surface area contributed by atoms with E-state index in [2.05, 4.69) is 17.2 Å². The first-order chi connectivity index (χ1) is 7.15. The summed E-state index contributed by atoms with van der Waals surface area (Å²) >= 11 is 5.54. The molecule has 3 nitrogen and oxygen atoms in total. The van der Waals surface area contributed by atoms with Gasteiger partial charge in [-0.15, -0.1) is 6.58 Å². The molecule has 1 aromatic carbocycles. The van der Waals surface area contributed by atoms with Crippen LogP contribution in [-0.2, 0) is 0 Å². The molecular weight excluding hydrogens is 219 g/mol. The van der Waals surface area contributed by atoms with Crippen LogP contribution in [0.3, 0.4) is 0 Å². The van der Waals surface area contributed by atoms with Crippen LogP contribution in [0.2, 0.25) is 5.02 Å². The van der Waals surface area contributed by atoms with Gasteiger partial charge < -0.3 is 10.6 Å². The summed E-state index contributed by atoms with van der Waals surface area (Å²) < 4.78 is 13.3. The lowest BCUT2D eigenvalue weighted by Gasteiger charge is -2.07. The van der Waals surface area contributed by atoms with Crippen LogP contribution in [0, 0.1) is 5.82 Å². The van der Waals surface area contributed by atoms with E-state index in [9.17, 15) is 9.18 Å². The number of halogens is 2. The van der Waals surface area contributed by atoms with Crippen molar-refractivity contribution in [3.63, 3.8) is 0 Å². The summed E-state index contributed by atoms with van der Waals surface area (Å²) in [7, 11) is 0. The van der Waals surface area contributed by atoms with Crippen LogP contribution < -0.4 is 10.6 Å². The monoisotopic (exact) mass is 228 g/mol. The average molecular weight is 229 g/mol. The zero-order valence-corrected chi connectivity index (χ0v) is 8.64. The summed E-state index contributed by atoms with van der Waals surface area (Å²) in [6.45, 7) is 3.75. The van der Waals surface area contributed by atoms with E-state index < -0.39 is 11.8 Å². The molecule has 5 heteroatoms. The highest BCUT2D eigenvalue weighted by molar-refractivity contribution is 6.31. The molecule has 0 saturated carbocycles. The van der Waals surface area contributed by atoms with E-state index in [1.54, 1.807) is 6.07 Å². The number of carbonyl (C=O) groups is 1. The van der Waals surface area contributed by atoms with E-state index in [0.717, 1.165) is 0 Å². The second kappa shape index (κ2) is 5.36. The minimum Gasteiger partial charge on any atom is -0.334 e. The van der Waals surface area contributed by atoms with Gasteiger partial charge in [-0.25, -0.2) is 9.18 Å². The Balaban J connectivity index is 2.68. The molecule has 0 spiro atoms. The number of hydrogen-bond acceptors (Lipinski definition) is 1. The van der Waals surface area contributed by atoms with E-state index in [1.165, 1.54) is 18.2 Å². The van der Waals surface area contributed by atoms with Gasteiger partial charge in [-0.3, -0.25) is 0 Å². The maximum atomic E-state index is 13.3. The highest BCUT2D eigenvalue weighted by Gasteiger charge is 2.08. The quantitative estimate of drug-likeness (QED) is 0.768. The van der Waals surface area contributed by atoms with Gasteiger partial charge in [-0.2, -0.15) is 0 Å². The van der Waals surface area contributed by atoms with E-state index in [0.29, 0.717) is 6.54 Å². The fraction of sp³-hybridized carbons (Fsp3) is 0.100. The standard InChI is InChI=1S/C10H10ClFN2O/c1-2-6-13-10(15)14-8-5-3-4-7(11)9(8)12/h2-5H,1,6H2,(H2,13,14,15). The Bertz CT molecular complexity index is 382. The molecule has 0 heterocycles. The van der Waals surface area contributed by atoms with Gasteiger partial charge in [-0.05, 0) is 12.1 Å². The van der Waals surface area contributed by atoms with Gasteiger partial charge in [0, 0.05) is 6.54 Å². The summed E-state index contributed by atoms with van der Waals surface area (Å²) in [5, 5.41) is 4.75. The van der Waals surface area contributed by atoms with Crippen molar-refractivity contribution in [3.8, 4) is 0 Å². The molecule has 0 aliphatic rings. The summed E-state index contributed by atoms with van der Waals surface area (Å²) in [5.41, 5.74) is 0.0454. The number of urea groups is 1. The first-order valence-corrected chi connectivity index (χ1v) is 4.62. The van der Waals surface area contributed by atoms with Crippen LogP contribution in [0.1, 0.15) is 0 Å². The highest BCUT2D eigenvalue weighted by atomic mass is 35.5. The molecule has 0 bridgehead atoms. The zero-order chi connectivity index (χ0) is 11.3. The van der Waals surface area contributed by atoms with E-state index >= 15 is 0 Å². The largest absolute Gasteiger partial charge is 0.334 e. The Kier molecular flexibility index (Phi) is 4.12. The molecule has 0 unspecified atom stereocenters. The normalized spacial score (nSPS) is 9.47. The molecule has 0 aliphatic heterocycles. The Hall–Kier alpha value is -1.55. The average Bonchev–Trinajstić information content (AvgIpc) is 2.22. The van der Waals surface area contributed by atoms with E-state index in [-0.39, 0.29) is 10.7 Å². The van der Waals surface area contributed by atoms with Gasteiger partial charge in [0.1, 0.15) is 0 Å². The van der Waals surface area contributed by atoms with Crippen molar-refractivity contribution < 1.29 is 9.18 Å². The second-order valence-corrected chi connectivity index (χ2v) is 3.13.